The Morgan fingerprint density at radius 1 is 1.26 bits per heavy atom. The van der Waals surface area contributed by atoms with Gasteiger partial charge in [0.15, 0.2) is 0 Å². The van der Waals surface area contributed by atoms with Crippen molar-refractivity contribution in [2.24, 2.45) is 0 Å². The molecule has 2 aromatic rings. The van der Waals surface area contributed by atoms with Gasteiger partial charge in [-0.15, -0.1) is 0 Å². The van der Waals surface area contributed by atoms with Crippen molar-refractivity contribution in [1.82, 2.24) is 0 Å². The molecule has 1 aromatic carbocycles. The van der Waals surface area contributed by atoms with E-state index < -0.39 is 23.5 Å². The summed E-state index contributed by atoms with van der Waals surface area (Å²) >= 11 is 0.803. The maximum Gasteiger partial charge on any atom is 0.415 e. The fourth-order valence-corrected chi connectivity index (χ4v) is 2.53. The first-order chi connectivity index (χ1) is 11.0. The molecule has 1 aromatic heterocycles. The second kappa shape index (κ2) is 7.36. The minimum atomic E-state index is -1.30. The third-order valence-electron chi connectivity index (χ3n) is 2.80. The van der Waals surface area contributed by atoms with E-state index in [4.69, 9.17) is 9.84 Å². The van der Waals surface area contributed by atoms with Crippen LogP contribution in [0.5, 0.6) is 0 Å². The lowest BCUT2D eigenvalue weighted by molar-refractivity contribution is -0.379. The van der Waals surface area contributed by atoms with Gasteiger partial charge in [0.05, 0.1) is 4.92 Å². The lowest BCUT2D eigenvalue weighted by Gasteiger charge is -2.18. The van der Waals surface area contributed by atoms with Crippen molar-refractivity contribution in [3.63, 3.8) is 0 Å². The average molecular weight is 336 g/mol. The molecule has 0 fully saturated rings. The maximum atomic E-state index is 12.1. The number of rotatable bonds is 6. The number of amides is 1. The number of ether oxygens (including phenoxy) is 1. The summed E-state index contributed by atoms with van der Waals surface area (Å²) in [4.78, 5) is 34.1. The Kier molecular flexibility index (Phi) is 5.26. The molecule has 0 aliphatic heterocycles. The second-order valence-corrected chi connectivity index (χ2v) is 5.28. The number of carbonyl (C=O) groups is 2. The van der Waals surface area contributed by atoms with Crippen molar-refractivity contribution in [2.75, 3.05) is 11.4 Å². The first kappa shape index (κ1) is 16.4. The number of nitrogens with zero attached hydrogens (tertiary/aromatic N) is 2. The summed E-state index contributed by atoms with van der Waals surface area (Å²) in [6.07, 6.45) is -0.960. The predicted octanol–water partition coefficient (Wildman–Crippen LogP) is 2.88. The Morgan fingerprint density at radius 2 is 1.96 bits per heavy atom. The van der Waals surface area contributed by atoms with Crippen molar-refractivity contribution in [1.29, 1.82) is 0 Å². The molecule has 0 bridgehead atoms. The number of aliphatic carboxylic acids is 1. The van der Waals surface area contributed by atoms with Crippen molar-refractivity contribution in [3.8, 4) is 0 Å². The maximum absolute atomic E-state index is 12.1. The first-order valence-electron chi connectivity index (χ1n) is 6.41. The molecule has 120 valence electrons. The van der Waals surface area contributed by atoms with Crippen LogP contribution in [0.3, 0.4) is 0 Å². The van der Waals surface area contributed by atoms with Gasteiger partial charge >= 0.3 is 17.1 Å². The van der Waals surface area contributed by atoms with Gasteiger partial charge in [-0.25, -0.2) is 4.79 Å². The topological polar surface area (TPSA) is 110 Å². The average Bonchev–Trinajstić information content (AvgIpc) is 3.00. The molecule has 9 heteroatoms. The molecular formula is C14H12N2O6S. The Bertz CT molecular complexity index is 715. The number of nitro groups is 1. The molecule has 2 rings (SSSR count). The molecule has 23 heavy (non-hydrogen) atoms. The quantitative estimate of drug-likeness (QED) is 0.641. The molecule has 0 radical (unpaired) electrons. The fourth-order valence-electron chi connectivity index (χ4n) is 1.82. The third-order valence-corrected chi connectivity index (χ3v) is 3.65. The monoisotopic (exact) mass is 336 g/mol. The van der Waals surface area contributed by atoms with E-state index in [0.717, 1.165) is 21.8 Å². The Balaban J connectivity index is 2.17. The van der Waals surface area contributed by atoms with Gasteiger partial charge in [0, 0.05) is 0 Å². The molecule has 8 nitrogen and oxygen atoms in total. The van der Waals surface area contributed by atoms with Crippen LogP contribution in [-0.2, 0) is 16.1 Å². The highest BCUT2D eigenvalue weighted by Crippen LogP contribution is 2.34. The molecule has 0 unspecified atom stereocenters. The summed E-state index contributed by atoms with van der Waals surface area (Å²) in [6.45, 7) is -0.793. The van der Waals surface area contributed by atoms with Gasteiger partial charge < -0.3 is 9.84 Å². The van der Waals surface area contributed by atoms with Gasteiger partial charge in [-0.1, -0.05) is 41.7 Å². The Morgan fingerprint density at radius 3 is 2.57 bits per heavy atom. The predicted molar refractivity (Wildman–Crippen MR) is 82.6 cm³/mol. The Hall–Kier alpha value is -2.94. The highest BCUT2D eigenvalue weighted by Gasteiger charge is 2.28. The van der Waals surface area contributed by atoms with Crippen molar-refractivity contribution < 1.29 is 24.4 Å². The van der Waals surface area contributed by atoms with Crippen LogP contribution in [-0.4, -0.2) is 28.6 Å². The van der Waals surface area contributed by atoms with Crippen LogP contribution in [0.25, 0.3) is 0 Å². The van der Waals surface area contributed by atoms with E-state index in [1.54, 1.807) is 30.3 Å². The van der Waals surface area contributed by atoms with Crippen LogP contribution in [0.2, 0.25) is 0 Å². The van der Waals surface area contributed by atoms with E-state index in [2.05, 4.69) is 0 Å². The molecule has 1 amide bonds. The molecule has 0 aliphatic rings. The molecule has 1 heterocycles. The van der Waals surface area contributed by atoms with Crippen molar-refractivity contribution >= 4 is 34.1 Å². The number of hydrogen-bond acceptors (Lipinski definition) is 6. The number of carboxylic acid groups (broad SMARTS) is 1. The molecule has 1 N–H and O–H groups in total. The minimum Gasteiger partial charge on any atom is -0.480 e. The van der Waals surface area contributed by atoms with Crippen LogP contribution in [0.1, 0.15) is 5.56 Å². The molecule has 0 saturated heterocycles. The minimum absolute atomic E-state index is 0.0618. The van der Waals surface area contributed by atoms with E-state index in [-0.39, 0.29) is 17.3 Å². The number of thiophene rings is 1. The number of hydrogen-bond donors (Lipinski definition) is 1. The summed E-state index contributed by atoms with van der Waals surface area (Å²) < 4.78 is 5.06. The highest BCUT2D eigenvalue weighted by atomic mass is 32.1. The first-order valence-corrected chi connectivity index (χ1v) is 7.29. The highest BCUT2D eigenvalue weighted by molar-refractivity contribution is 7.14. The van der Waals surface area contributed by atoms with Crippen LogP contribution >= 0.6 is 11.3 Å². The van der Waals surface area contributed by atoms with E-state index in [1.165, 1.54) is 11.4 Å². The second-order valence-electron chi connectivity index (χ2n) is 4.39. The molecule has 0 spiro atoms. The summed E-state index contributed by atoms with van der Waals surface area (Å²) in [7, 11) is 0. The van der Waals surface area contributed by atoms with Crippen molar-refractivity contribution in [2.45, 2.75) is 6.61 Å². The molecular weight excluding hydrogens is 324 g/mol. The number of carbonyl (C=O) groups excluding carboxylic acids is 1. The number of carboxylic acids is 1. The lowest BCUT2D eigenvalue weighted by Crippen LogP contribution is -2.36. The van der Waals surface area contributed by atoms with Gasteiger partial charge in [-0.05, 0) is 17.0 Å². The van der Waals surface area contributed by atoms with Gasteiger partial charge in [0.2, 0.25) is 0 Å². The van der Waals surface area contributed by atoms with E-state index in [1.807, 2.05) is 0 Å². The van der Waals surface area contributed by atoms with Gasteiger partial charge in [0.1, 0.15) is 18.8 Å². The molecule has 0 aliphatic carbocycles. The summed E-state index contributed by atoms with van der Waals surface area (Å²) in [5, 5.41) is 21.0. The zero-order chi connectivity index (χ0) is 16.8. The lowest BCUT2D eigenvalue weighted by atomic mass is 10.2. The molecule has 0 atom stereocenters. The number of anilines is 1. The molecule has 0 saturated carbocycles. The summed E-state index contributed by atoms with van der Waals surface area (Å²) in [6, 6.07) is 10.1. The normalized spacial score (nSPS) is 10.1. The standard InChI is InChI=1S/C14H12N2O6S/c17-12(18)8-15(11-6-7-23-13(11)16(20)21)14(19)22-9-10-4-2-1-3-5-10/h1-7H,8-9H2,(H,17,18). The van der Waals surface area contributed by atoms with Crippen LogP contribution in [0.4, 0.5) is 15.5 Å². The Labute approximate surface area is 134 Å². The zero-order valence-electron chi connectivity index (χ0n) is 11.7. The SMILES string of the molecule is O=C(O)CN(C(=O)OCc1ccccc1)c1ccsc1[N+](=O)[O-]. The largest absolute Gasteiger partial charge is 0.480 e. The smallest absolute Gasteiger partial charge is 0.415 e. The van der Waals surface area contributed by atoms with Gasteiger partial charge in [0.25, 0.3) is 0 Å². The fraction of sp³-hybridized carbons (Fsp3) is 0.143. The van der Waals surface area contributed by atoms with E-state index >= 15 is 0 Å². The van der Waals surface area contributed by atoms with Gasteiger partial charge in [-0.3, -0.25) is 19.8 Å². The van der Waals surface area contributed by atoms with E-state index in [9.17, 15) is 19.7 Å². The van der Waals surface area contributed by atoms with Crippen LogP contribution in [0, 0.1) is 10.1 Å². The van der Waals surface area contributed by atoms with E-state index in [0.29, 0.717) is 0 Å². The third kappa shape index (κ3) is 4.27. The van der Waals surface area contributed by atoms with Crippen molar-refractivity contribution in [3.05, 3.63) is 57.5 Å². The summed E-state index contributed by atoms with van der Waals surface area (Å²) in [5.41, 5.74) is 0.622. The van der Waals surface area contributed by atoms with Crippen LogP contribution in [0.15, 0.2) is 41.8 Å². The number of benzene rings is 1. The summed E-state index contributed by atoms with van der Waals surface area (Å²) in [5.74, 6) is -1.30. The zero-order valence-corrected chi connectivity index (χ0v) is 12.6. The van der Waals surface area contributed by atoms with Crippen LogP contribution < -0.4 is 4.90 Å². The van der Waals surface area contributed by atoms with Gasteiger partial charge in [-0.2, -0.15) is 0 Å².